The molecular formula is C17H27N3O2. The van der Waals surface area contributed by atoms with E-state index in [9.17, 15) is 0 Å². The van der Waals surface area contributed by atoms with E-state index < -0.39 is 0 Å². The van der Waals surface area contributed by atoms with Crippen LogP contribution >= 0.6 is 0 Å². The molecule has 5 heteroatoms. The first-order valence-corrected chi connectivity index (χ1v) is 8.24. The SMILES string of the molecule is CN1CCO[C@H](CNCc2ccccc2N2CCOCC2)C1. The average Bonchev–Trinajstić information content (AvgIpc) is 2.56. The Labute approximate surface area is 133 Å². The van der Waals surface area contributed by atoms with E-state index in [0.717, 1.165) is 59.1 Å². The number of hydrogen-bond donors (Lipinski definition) is 1. The van der Waals surface area contributed by atoms with E-state index in [2.05, 4.69) is 46.4 Å². The highest BCUT2D eigenvalue weighted by molar-refractivity contribution is 5.53. The molecule has 1 aromatic rings. The predicted molar refractivity (Wildman–Crippen MR) is 88.4 cm³/mol. The largest absolute Gasteiger partial charge is 0.378 e. The first kappa shape index (κ1) is 15.7. The van der Waals surface area contributed by atoms with Gasteiger partial charge in [-0.2, -0.15) is 0 Å². The Bertz CT molecular complexity index is 463. The van der Waals surface area contributed by atoms with E-state index in [1.165, 1.54) is 11.3 Å². The Balaban J connectivity index is 1.53. The molecule has 0 radical (unpaired) electrons. The van der Waals surface area contributed by atoms with Crippen molar-refractivity contribution in [2.75, 3.05) is 64.5 Å². The molecule has 122 valence electrons. The third kappa shape index (κ3) is 4.20. The molecule has 0 aliphatic carbocycles. The molecule has 0 saturated carbocycles. The van der Waals surface area contributed by atoms with Crippen molar-refractivity contribution in [3.63, 3.8) is 0 Å². The maximum absolute atomic E-state index is 5.80. The van der Waals surface area contributed by atoms with E-state index >= 15 is 0 Å². The zero-order valence-corrected chi connectivity index (χ0v) is 13.5. The van der Waals surface area contributed by atoms with Gasteiger partial charge in [0.2, 0.25) is 0 Å². The van der Waals surface area contributed by atoms with Gasteiger partial charge in [-0.05, 0) is 18.7 Å². The molecule has 1 aromatic carbocycles. The number of ether oxygens (including phenoxy) is 2. The molecule has 5 nitrogen and oxygen atoms in total. The van der Waals surface area contributed by atoms with Gasteiger partial charge in [-0.25, -0.2) is 0 Å². The Morgan fingerprint density at radius 2 is 1.95 bits per heavy atom. The van der Waals surface area contributed by atoms with Crippen LogP contribution in [0.5, 0.6) is 0 Å². The average molecular weight is 305 g/mol. The quantitative estimate of drug-likeness (QED) is 0.876. The standard InChI is InChI=1S/C17H27N3O2/c1-19-6-11-22-16(14-19)13-18-12-15-4-2-3-5-17(15)20-7-9-21-10-8-20/h2-5,16,18H,6-14H2,1H3/t16-/m1/s1. The number of nitrogens with zero attached hydrogens (tertiary/aromatic N) is 2. The minimum Gasteiger partial charge on any atom is -0.378 e. The zero-order valence-electron chi connectivity index (χ0n) is 13.5. The van der Waals surface area contributed by atoms with Gasteiger partial charge in [-0.15, -0.1) is 0 Å². The lowest BCUT2D eigenvalue weighted by atomic mass is 10.1. The molecule has 1 atom stereocenters. The lowest BCUT2D eigenvalue weighted by molar-refractivity contribution is -0.0182. The van der Waals surface area contributed by atoms with Gasteiger partial charge in [-0.3, -0.25) is 0 Å². The molecule has 0 unspecified atom stereocenters. The number of hydrogen-bond acceptors (Lipinski definition) is 5. The summed E-state index contributed by atoms with van der Waals surface area (Å²) in [5.41, 5.74) is 2.69. The molecule has 2 aliphatic heterocycles. The molecule has 2 fully saturated rings. The molecule has 22 heavy (non-hydrogen) atoms. The minimum absolute atomic E-state index is 0.300. The summed E-state index contributed by atoms with van der Waals surface area (Å²) in [6.45, 7) is 8.29. The number of likely N-dealkylation sites (N-methyl/N-ethyl adjacent to an activating group) is 1. The summed E-state index contributed by atoms with van der Waals surface area (Å²) < 4.78 is 11.3. The van der Waals surface area contributed by atoms with Crippen LogP contribution in [-0.2, 0) is 16.0 Å². The van der Waals surface area contributed by atoms with Gasteiger partial charge >= 0.3 is 0 Å². The van der Waals surface area contributed by atoms with Crippen LogP contribution in [0.25, 0.3) is 0 Å². The molecule has 0 aromatic heterocycles. The number of benzene rings is 1. The van der Waals surface area contributed by atoms with Crippen LogP contribution in [0.15, 0.2) is 24.3 Å². The van der Waals surface area contributed by atoms with Gasteiger partial charge in [0.25, 0.3) is 0 Å². The monoisotopic (exact) mass is 305 g/mol. The summed E-state index contributed by atoms with van der Waals surface area (Å²) >= 11 is 0. The number of nitrogens with one attached hydrogen (secondary N) is 1. The summed E-state index contributed by atoms with van der Waals surface area (Å²) in [5, 5.41) is 3.56. The Hall–Kier alpha value is -1.14. The maximum Gasteiger partial charge on any atom is 0.0826 e. The normalized spacial score (nSPS) is 23.7. The number of rotatable bonds is 5. The molecule has 0 bridgehead atoms. The number of morpholine rings is 2. The maximum atomic E-state index is 5.80. The summed E-state index contributed by atoms with van der Waals surface area (Å²) in [7, 11) is 2.16. The van der Waals surface area contributed by atoms with Gasteiger partial charge in [0.1, 0.15) is 0 Å². The molecule has 0 amide bonds. The summed E-state index contributed by atoms with van der Waals surface area (Å²) in [5.74, 6) is 0. The number of anilines is 1. The van der Waals surface area contributed by atoms with Crippen molar-refractivity contribution in [1.82, 2.24) is 10.2 Å². The van der Waals surface area contributed by atoms with Crippen LogP contribution in [0.1, 0.15) is 5.56 Å². The van der Waals surface area contributed by atoms with Gasteiger partial charge in [0, 0.05) is 45.0 Å². The zero-order chi connectivity index (χ0) is 15.2. The molecule has 2 aliphatic rings. The van der Waals surface area contributed by atoms with Crippen molar-refractivity contribution in [1.29, 1.82) is 0 Å². The van der Waals surface area contributed by atoms with Crippen molar-refractivity contribution in [2.45, 2.75) is 12.6 Å². The third-order valence-electron chi connectivity index (χ3n) is 4.37. The first-order valence-electron chi connectivity index (χ1n) is 8.24. The topological polar surface area (TPSA) is 37.0 Å². The fourth-order valence-electron chi connectivity index (χ4n) is 3.13. The van der Waals surface area contributed by atoms with E-state index in [4.69, 9.17) is 9.47 Å². The first-order chi connectivity index (χ1) is 10.8. The van der Waals surface area contributed by atoms with E-state index in [0.29, 0.717) is 6.10 Å². The Morgan fingerprint density at radius 1 is 1.14 bits per heavy atom. The van der Waals surface area contributed by atoms with Crippen molar-refractivity contribution in [3.8, 4) is 0 Å². The smallest absolute Gasteiger partial charge is 0.0826 e. The number of para-hydroxylation sites is 1. The molecular weight excluding hydrogens is 278 g/mol. The summed E-state index contributed by atoms with van der Waals surface area (Å²) in [6.07, 6.45) is 0.300. The second kappa shape index (κ2) is 7.92. The van der Waals surface area contributed by atoms with Crippen LogP contribution < -0.4 is 10.2 Å². The minimum atomic E-state index is 0.300. The van der Waals surface area contributed by atoms with E-state index in [-0.39, 0.29) is 0 Å². The predicted octanol–water partition coefficient (Wildman–Crippen LogP) is 0.943. The second-order valence-electron chi connectivity index (χ2n) is 6.11. The molecule has 3 rings (SSSR count). The van der Waals surface area contributed by atoms with E-state index in [1.54, 1.807) is 0 Å². The Morgan fingerprint density at radius 3 is 2.77 bits per heavy atom. The van der Waals surface area contributed by atoms with Gasteiger partial charge in [0.15, 0.2) is 0 Å². The van der Waals surface area contributed by atoms with Crippen LogP contribution in [-0.4, -0.2) is 70.6 Å². The van der Waals surface area contributed by atoms with Crippen LogP contribution in [0.4, 0.5) is 5.69 Å². The van der Waals surface area contributed by atoms with Crippen LogP contribution in [0.3, 0.4) is 0 Å². The molecule has 2 heterocycles. The van der Waals surface area contributed by atoms with Crippen molar-refractivity contribution >= 4 is 5.69 Å². The highest BCUT2D eigenvalue weighted by Gasteiger charge is 2.18. The highest BCUT2D eigenvalue weighted by atomic mass is 16.5. The fourth-order valence-corrected chi connectivity index (χ4v) is 3.13. The molecule has 0 spiro atoms. The van der Waals surface area contributed by atoms with Crippen LogP contribution in [0.2, 0.25) is 0 Å². The van der Waals surface area contributed by atoms with Gasteiger partial charge < -0.3 is 24.6 Å². The summed E-state index contributed by atoms with van der Waals surface area (Å²) in [6, 6.07) is 8.66. The second-order valence-corrected chi connectivity index (χ2v) is 6.11. The van der Waals surface area contributed by atoms with Gasteiger partial charge in [0.05, 0.1) is 25.9 Å². The lowest BCUT2D eigenvalue weighted by Gasteiger charge is -2.31. The lowest BCUT2D eigenvalue weighted by Crippen LogP contribution is -2.44. The fraction of sp³-hybridized carbons (Fsp3) is 0.647. The molecule has 2 saturated heterocycles. The van der Waals surface area contributed by atoms with Gasteiger partial charge in [-0.1, -0.05) is 18.2 Å². The van der Waals surface area contributed by atoms with Crippen molar-refractivity contribution in [3.05, 3.63) is 29.8 Å². The molecule has 1 N–H and O–H groups in total. The van der Waals surface area contributed by atoms with Crippen molar-refractivity contribution < 1.29 is 9.47 Å². The highest BCUT2D eigenvalue weighted by Crippen LogP contribution is 2.21. The van der Waals surface area contributed by atoms with Crippen LogP contribution in [0, 0.1) is 0 Å². The summed E-state index contributed by atoms with van der Waals surface area (Å²) in [4.78, 5) is 4.75. The van der Waals surface area contributed by atoms with Crippen molar-refractivity contribution in [2.24, 2.45) is 0 Å². The van der Waals surface area contributed by atoms with E-state index in [1.807, 2.05) is 0 Å². The Kier molecular flexibility index (Phi) is 5.67. The third-order valence-corrected chi connectivity index (χ3v) is 4.37.